The predicted octanol–water partition coefficient (Wildman–Crippen LogP) is 7.56. The second-order valence-electron chi connectivity index (χ2n) is 9.23. The topological polar surface area (TPSA) is 68.3 Å². The summed E-state index contributed by atoms with van der Waals surface area (Å²) < 4.78 is 5.51. The number of halogens is 1. The first kappa shape index (κ1) is 24.5. The van der Waals surface area contributed by atoms with Crippen molar-refractivity contribution in [2.75, 3.05) is 11.9 Å². The molecule has 1 N–H and O–H groups in total. The molecule has 0 radical (unpaired) electrons. The lowest BCUT2D eigenvalue weighted by Gasteiger charge is -2.18. The summed E-state index contributed by atoms with van der Waals surface area (Å²) >= 11 is 7.78. The number of hydrogen-bond donors (Lipinski definition) is 1. The number of amides is 1. The van der Waals surface area contributed by atoms with E-state index in [-0.39, 0.29) is 11.9 Å². The van der Waals surface area contributed by atoms with Gasteiger partial charge in [0, 0.05) is 20.8 Å². The van der Waals surface area contributed by atoms with E-state index >= 15 is 0 Å². The van der Waals surface area contributed by atoms with Gasteiger partial charge in [-0.3, -0.25) is 4.79 Å². The van der Waals surface area contributed by atoms with Crippen molar-refractivity contribution in [3.05, 3.63) is 81.2 Å². The van der Waals surface area contributed by atoms with Crippen molar-refractivity contribution in [3.63, 3.8) is 0 Å². The first-order valence-corrected chi connectivity index (χ1v) is 13.4. The van der Waals surface area contributed by atoms with Gasteiger partial charge in [0.25, 0.3) is 5.91 Å². The standard InChI is InChI=1S/C29H27ClN2O3S/c1-3-13-35-29(34)26-20-11-9-17(2)14-25(20)36-28(26)32-27(33)22-16-24(18-7-5-4-6-8-18)31-23-12-10-19(30)15-21(22)23/h4-8,10,12,15-17H,3,9,11,13-14H2,1-2H3,(H,32,33)/t17-/m1/s1. The van der Waals surface area contributed by atoms with Gasteiger partial charge in [-0.15, -0.1) is 11.3 Å². The number of hydrogen-bond acceptors (Lipinski definition) is 5. The van der Waals surface area contributed by atoms with Crippen LogP contribution >= 0.6 is 22.9 Å². The van der Waals surface area contributed by atoms with Crippen LogP contribution in [0, 0.1) is 5.92 Å². The highest BCUT2D eigenvalue weighted by Crippen LogP contribution is 2.40. The molecule has 0 unspecified atom stereocenters. The van der Waals surface area contributed by atoms with Crippen molar-refractivity contribution in [1.82, 2.24) is 4.98 Å². The number of nitrogens with zero attached hydrogens (tertiary/aromatic N) is 1. The van der Waals surface area contributed by atoms with Crippen LogP contribution in [0.15, 0.2) is 54.6 Å². The van der Waals surface area contributed by atoms with Gasteiger partial charge >= 0.3 is 5.97 Å². The molecule has 1 aliphatic carbocycles. The number of esters is 1. The summed E-state index contributed by atoms with van der Waals surface area (Å²) in [5.41, 5.74) is 4.25. The molecule has 2 aromatic carbocycles. The van der Waals surface area contributed by atoms with Gasteiger partial charge in [-0.25, -0.2) is 9.78 Å². The zero-order valence-electron chi connectivity index (χ0n) is 20.3. The Hall–Kier alpha value is -3.22. The van der Waals surface area contributed by atoms with Gasteiger partial charge < -0.3 is 10.1 Å². The number of thiophene rings is 1. The monoisotopic (exact) mass is 518 g/mol. The second-order valence-corrected chi connectivity index (χ2v) is 10.8. The number of ether oxygens (including phenoxy) is 1. The van der Waals surface area contributed by atoms with Gasteiger partial charge in [-0.05, 0) is 61.4 Å². The van der Waals surface area contributed by atoms with Crippen molar-refractivity contribution in [3.8, 4) is 11.3 Å². The van der Waals surface area contributed by atoms with Crippen LogP contribution in [0.5, 0.6) is 0 Å². The van der Waals surface area contributed by atoms with E-state index in [0.29, 0.717) is 50.3 Å². The molecule has 5 nitrogen and oxygen atoms in total. The van der Waals surface area contributed by atoms with E-state index in [2.05, 4.69) is 12.2 Å². The fraction of sp³-hybridized carbons (Fsp3) is 0.276. The molecular weight excluding hydrogens is 492 g/mol. The number of pyridine rings is 1. The van der Waals surface area contributed by atoms with Crippen molar-refractivity contribution >= 4 is 50.7 Å². The highest BCUT2D eigenvalue weighted by Gasteiger charge is 2.29. The Morgan fingerprint density at radius 3 is 2.75 bits per heavy atom. The average Bonchev–Trinajstić information content (AvgIpc) is 3.23. The molecule has 1 aliphatic rings. The van der Waals surface area contributed by atoms with Crippen LogP contribution in [-0.2, 0) is 17.6 Å². The van der Waals surface area contributed by atoms with E-state index < -0.39 is 0 Å². The summed E-state index contributed by atoms with van der Waals surface area (Å²) in [6.07, 6.45) is 3.46. The summed E-state index contributed by atoms with van der Waals surface area (Å²) in [5.74, 6) is -0.135. The molecule has 7 heteroatoms. The van der Waals surface area contributed by atoms with Crippen LogP contribution in [0.1, 0.15) is 57.8 Å². The zero-order chi connectivity index (χ0) is 25.2. The van der Waals surface area contributed by atoms with Crippen molar-refractivity contribution in [1.29, 1.82) is 0 Å². The molecule has 2 aromatic heterocycles. The fourth-order valence-corrected chi connectivity index (χ4v) is 6.20. The zero-order valence-corrected chi connectivity index (χ0v) is 21.8. The Kier molecular flexibility index (Phi) is 7.08. The molecule has 0 fully saturated rings. The molecule has 0 saturated carbocycles. The minimum absolute atomic E-state index is 0.307. The largest absolute Gasteiger partial charge is 0.462 e. The Morgan fingerprint density at radius 1 is 1.17 bits per heavy atom. The molecule has 36 heavy (non-hydrogen) atoms. The van der Waals surface area contributed by atoms with Crippen LogP contribution in [-0.4, -0.2) is 23.5 Å². The van der Waals surface area contributed by atoms with Gasteiger partial charge in [0.2, 0.25) is 0 Å². The van der Waals surface area contributed by atoms with Crippen LogP contribution in [0.2, 0.25) is 5.02 Å². The fourth-order valence-electron chi connectivity index (χ4n) is 4.63. The van der Waals surface area contributed by atoms with Crippen molar-refractivity contribution < 1.29 is 14.3 Å². The van der Waals surface area contributed by atoms with E-state index in [4.69, 9.17) is 21.3 Å². The molecule has 0 saturated heterocycles. The Bertz CT molecular complexity index is 1450. The van der Waals surface area contributed by atoms with Gasteiger partial charge in [-0.1, -0.05) is 55.8 Å². The molecule has 1 amide bonds. The third kappa shape index (κ3) is 4.88. The molecule has 2 heterocycles. The van der Waals surface area contributed by atoms with E-state index in [1.807, 2.05) is 43.3 Å². The number of aromatic nitrogens is 1. The normalized spacial score (nSPS) is 14.9. The summed E-state index contributed by atoms with van der Waals surface area (Å²) in [5, 5.41) is 4.78. The molecule has 5 rings (SSSR count). The molecule has 1 atom stereocenters. The number of rotatable bonds is 6. The lowest BCUT2D eigenvalue weighted by atomic mass is 9.88. The molecule has 184 valence electrons. The first-order chi connectivity index (χ1) is 17.4. The number of anilines is 1. The average molecular weight is 519 g/mol. The minimum Gasteiger partial charge on any atom is -0.462 e. The summed E-state index contributed by atoms with van der Waals surface area (Å²) in [6.45, 7) is 4.53. The van der Waals surface area contributed by atoms with E-state index in [0.717, 1.165) is 41.7 Å². The Morgan fingerprint density at radius 2 is 1.97 bits per heavy atom. The second kappa shape index (κ2) is 10.4. The highest BCUT2D eigenvalue weighted by molar-refractivity contribution is 7.17. The molecule has 0 spiro atoms. The third-order valence-corrected chi connectivity index (χ3v) is 7.87. The number of carbonyl (C=O) groups is 2. The van der Waals surface area contributed by atoms with Crippen LogP contribution in [0.3, 0.4) is 0 Å². The summed E-state index contributed by atoms with van der Waals surface area (Å²) in [4.78, 5) is 32.7. The Labute approximate surface area is 219 Å². The lowest BCUT2D eigenvalue weighted by Crippen LogP contribution is -2.17. The summed E-state index contributed by atoms with van der Waals surface area (Å²) in [7, 11) is 0. The highest BCUT2D eigenvalue weighted by atomic mass is 35.5. The van der Waals surface area contributed by atoms with Crippen LogP contribution < -0.4 is 5.32 Å². The van der Waals surface area contributed by atoms with Gasteiger partial charge in [0.1, 0.15) is 5.00 Å². The smallest absolute Gasteiger partial charge is 0.341 e. The number of fused-ring (bicyclic) bond motifs is 2. The van der Waals surface area contributed by atoms with Gasteiger partial charge in [-0.2, -0.15) is 0 Å². The van der Waals surface area contributed by atoms with E-state index in [1.54, 1.807) is 18.2 Å². The number of benzene rings is 2. The van der Waals surface area contributed by atoms with Crippen molar-refractivity contribution in [2.45, 2.75) is 39.5 Å². The first-order valence-electron chi connectivity index (χ1n) is 12.2. The summed E-state index contributed by atoms with van der Waals surface area (Å²) in [6, 6.07) is 16.9. The minimum atomic E-state index is -0.369. The van der Waals surface area contributed by atoms with Crippen LogP contribution in [0.4, 0.5) is 5.00 Å². The van der Waals surface area contributed by atoms with E-state index in [9.17, 15) is 9.59 Å². The molecule has 4 aromatic rings. The maximum Gasteiger partial charge on any atom is 0.341 e. The SMILES string of the molecule is CCCOC(=O)c1c(NC(=O)c2cc(-c3ccccc3)nc3ccc(Cl)cc23)sc2c1CC[C@@H](C)C2. The predicted molar refractivity (Wildman–Crippen MR) is 146 cm³/mol. The van der Waals surface area contributed by atoms with E-state index in [1.165, 1.54) is 11.3 Å². The molecular formula is C29H27ClN2O3S. The maximum atomic E-state index is 13.8. The third-order valence-electron chi connectivity index (χ3n) is 6.47. The number of carbonyl (C=O) groups excluding carboxylic acids is 2. The van der Waals surface area contributed by atoms with Gasteiger partial charge in [0.05, 0.1) is 28.9 Å². The van der Waals surface area contributed by atoms with Crippen molar-refractivity contribution in [2.24, 2.45) is 5.92 Å². The maximum absolute atomic E-state index is 13.8. The van der Waals surface area contributed by atoms with Gasteiger partial charge in [0.15, 0.2) is 0 Å². The molecule has 0 bridgehead atoms. The van der Waals surface area contributed by atoms with Crippen LogP contribution in [0.25, 0.3) is 22.2 Å². The molecule has 0 aliphatic heterocycles. The number of nitrogens with one attached hydrogen (secondary N) is 1. The Balaban J connectivity index is 1.58. The quantitative estimate of drug-likeness (QED) is 0.267. The lowest BCUT2D eigenvalue weighted by molar-refractivity contribution is 0.0505.